The van der Waals surface area contributed by atoms with E-state index in [1.165, 1.54) is 0 Å². The quantitative estimate of drug-likeness (QED) is 0.764. The Bertz CT molecular complexity index is 437. The lowest BCUT2D eigenvalue weighted by molar-refractivity contribution is -0.117. The number of nitrogens with zero attached hydrogens (tertiary/aromatic N) is 1. The van der Waals surface area contributed by atoms with Crippen LogP contribution in [0.1, 0.15) is 24.8 Å². The summed E-state index contributed by atoms with van der Waals surface area (Å²) in [6.07, 6.45) is 1.04. The SMILES string of the molecule is N#C[C@@](F)(c1ccccc1)[C@H]1CCC(=O)C1. The molecule has 1 saturated carbocycles. The Labute approximate surface area is 93.7 Å². The maximum atomic E-state index is 14.6. The van der Waals surface area contributed by atoms with E-state index in [1.54, 1.807) is 36.4 Å². The molecule has 2 atom stereocenters. The average Bonchev–Trinajstić information content (AvgIpc) is 2.76. The molecule has 1 fully saturated rings. The van der Waals surface area contributed by atoms with Crippen molar-refractivity contribution in [1.29, 1.82) is 5.26 Å². The molecule has 0 aliphatic heterocycles. The van der Waals surface area contributed by atoms with Gasteiger partial charge < -0.3 is 0 Å². The number of carbonyl (C=O) groups is 1. The van der Waals surface area contributed by atoms with Gasteiger partial charge >= 0.3 is 0 Å². The molecule has 3 heteroatoms. The number of benzene rings is 1. The van der Waals surface area contributed by atoms with Crippen LogP contribution in [0.4, 0.5) is 4.39 Å². The van der Waals surface area contributed by atoms with Gasteiger partial charge in [0.2, 0.25) is 5.67 Å². The maximum Gasteiger partial charge on any atom is 0.224 e. The fourth-order valence-corrected chi connectivity index (χ4v) is 2.23. The maximum absolute atomic E-state index is 14.6. The molecule has 0 bridgehead atoms. The summed E-state index contributed by atoms with van der Waals surface area (Å²) in [6.45, 7) is 0. The van der Waals surface area contributed by atoms with Gasteiger partial charge in [0.05, 0.1) is 0 Å². The van der Waals surface area contributed by atoms with Crippen molar-refractivity contribution < 1.29 is 9.18 Å². The van der Waals surface area contributed by atoms with Gasteiger partial charge in [0, 0.05) is 24.3 Å². The summed E-state index contributed by atoms with van der Waals surface area (Å²) in [5.41, 5.74) is -1.66. The summed E-state index contributed by atoms with van der Waals surface area (Å²) in [7, 11) is 0. The molecule has 1 aromatic carbocycles. The van der Waals surface area contributed by atoms with Crippen LogP contribution in [0.15, 0.2) is 30.3 Å². The number of hydrogen-bond acceptors (Lipinski definition) is 2. The second kappa shape index (κ2) is 4.05. The molecule has 82 valence electrons. The van der Waals surface area contributed by atoms with Gasteiger partial charge in [0.25, 0.3) is 0 Å². The zero-order valence-corrected chi connectivity index (χ0v) is 8.82. The van der Waals surface area contributed by atoms with Crippen LogP contribution in [0.5, 0.6) is 0 Å². The van der Waals surface area contributed by atoms with Crippen molar-refractivity contribution >= 4 is 5.78 Å². The Morgan fingerprint density at radius 3 is 2.56 bits per heavy atom. The fraction of sp³-hybridized carbons (Fsp3) is 0.385. The predicted octanol–water partition coefficient (Wildman–Crippen LogP) is 2.74. The molecular weight excluding hydrogens is 205 g/mol. The molecule has 0 amide bonds. The number of carbonyl (C=O) groups excluding carboxylic acids is 1. The molecule has 0 heterocycles. The van der Waals surface area contributed by atoms with Crippen LogP contribution in [0.3, 0.4) is 0 Å². The largest absolute Gasteiger partial charge is 0.300 e. The molecule has 1 aliphatic carbocycles. The monoisotopic (exact) mass is 217 g/mol. The first-order valence-electron chi connectivity index (χ1n) is 5.34. The van der Waals surface area contributed by atoms with E-state index in [4.69, 9.17) is 5.26 Å². The molecular formula is C13H12FNO. The van der Waals surface area contributed by atoms with Crippen LogP contribution < -0.4 is 0 Å². The van der Waals surface area contributed by atoms with Crippen molar-refractivity contribution in [2.75, 3.05) is 0 Å². The highest BCUT2D eigenvalue weighted by molar-refractivity contribution is 5.81. The molecule has 2 rings (SSSR count). The van der Waals surface area contributed by atoms with Crippen LogP contribution >= 0.6 is 0 Å². The van der Waals surface area contributed by atoms with E-state index in [-0.39, 0.29) is 12.2 Å². The Hall–Kier alpha value is -1.69. The van der Waals surface area contributed by atoms with Crippen molar-refractivity contribution in [1.82, 2.24) is 0 Å². The zero-order chi connectivity index (χ0) is 11.6. The number of nitriles is 1. The van der Waals surface area contributed by atoms with E-state index in [1.807, 2.05) is 0 Å². The molecule has 0 radical (unpaired) electrons. The molecule has 0 unspecified atom stereocenters. The van der Waals surface area contributed by atoms with E-state index >= 15 is 0 Å². The number of Topliss-reactive ketones (excluding diaryl/α,β-unsaturated/α-hetero) is 1. The lowest BCUT2D eigenvalue weighted by atomic mass is 9.83. The average molecular weight is 217 g/mol. The lowest BCUT2D eigenvalue weighted by Gasteiger charge is -2.23. The smallest absolute Gasteiger partial charge is 0.224 e. The molecule has 2 nitrogen and oxygen atoms in total. The third-order valence-electron chi connectivity index (χ3n) is 3.16. The van der Waals surface area contributed by atoms with Crippen LogP contribution in [-0.4, -0.2) is 5.78 Å². The molecule has 0 spiro atoms. The van der Waals surface area contributed by atoms with Crippen LogP contribution in [0, 0.1) is 17.2 Å². The van der Waals surface area contributed by atoms with Gasteiger partial charge in [-0.25, -0.2) is 4.39 Å². The van der Waals surface area contributed by atoms with Gasteiger partial charge in [-0.15, -0.1) is 0 Å². The molecule has 1 aliphatic rings. The Morgan fingerprint density at radius 1 is 1.38 bits per heavy atom. The number of rotatable bonds is 2. The first-order valence-corrected chi connectivity index (χ1v) is 5.34. The van der Waals surface area contributed by atoms with Crippen molar-refractivity contribution in [2.45, 2.75) is 24.9 Å². The highest BCUT2D eigenvalue weighted by atomic mass is 19.1. The Balaban J connectivity index is 2.34. The molecule has 1 aromatic rings. The van der Waals surface area contributed by atoms with E-state index < -0.39 is 11.6 Å². The minimum absolute atomic E-state index is 0.0539. The number of ketones is 1. The summed E-state index contributed by atoms with van der Waals surface area (Å²) >= 11 is 0. The van der Waals surface area contributed by atoms with Crippen molar-refractivity contribution in [2.24, 2.45) is 5.92 Å². The van der Waals surface area contributed by atoms with Gasteiger partial charge in [0.1, 0.15) is 11.9 Å². The summed E-state index contributed by atoms with van der Waals surface area (Å²) in [6, 6.07) is 10.1. The number of halogens is 1. The lowest BCUT2D eigenvalue weighted by Crippen LogP contribution is -2.27. The summed E-state index contributed by atoms with van der Waals surface area (Å²) in [5.74, 6) is -0.439. The van der Waals surface area contributed by atoms with Crippen LogP contribution in [-0.2, 0) is 10.5 Å². The molecule has 0 aromatic heterocycles. The first kappa shape index (κ1) is 10.8. The third kappa shape index (κ3) is 1.71. The highest BCUT2D eigenvalue weighted by Crippen LogP contribution is 2.41. The summed E-state index contributed by atoms with van der Waals surface area (Å²) in [4.78, 5) is 11.2. The third-order valence-corrected chi connectivity index (χ3v) is 3.16. The van der Waals surface area contributed by atoms with Gasteiger partial charge in [-0.1, -0.05) is 30.3 Å². The minimum Gasteiger partial charge on any atom is -0.300 e. The minimum atomic E-state index is -2.02. The Kier molecular flexibility index (Phi) is 2.74. The number of hydrogen-bond donors (Lipinski definition) is 0. The normalized spacial score (nSPS) is 23.8. The van der Waals surface area contributed by atoms with Crippen molar-refractivity contribution in [3.63, 3.8) is 0 Å². The second-order valence-electron chi connectivity index (χ2n) is 4.17. The molecule has 0 N–H and O–H groups in total. The predicted molar refractivity (Wildman–Crippen MR) is 57.2 cm³/mol. The second-order valence-corrected chi connectivity index (χ2v) is 4.17. The van der Waals surface area contributed by atoms with Gasteiger partial charge in [-0.3, -0.25) is 4.79 Å². The fourth-order valence-electron chi connectivity index (χ4n) is 2.23. The summed E-state index contributed by atoms with van der Waals surface area (Å²) < 4.78 is 14.6. The first-order chi connectivity index (χ1) is 7.66. The highest BCUT2D eigenvalue weighted by Gasteiger charge is 2.44. The van der Waals surface area contributed by atoms with E-state index in [0.717, 1.165) is 0 Å². The standard InChI is InChI=1S/C13H12FNO/c14-13(9-15,10-4-2-1-3-5-10)11-6-7-12(16)8-11/h1-5,11H,6-8H2/t11-,13+/m0/s1. The van der Waals surface area contributed by atoms with E-state index in [0.29, 0.717) is 18.4 Å². The molecule has 0 saturated heterocycles. The Morgan fingerprint density at radius 2 is 2.06 bits per heavy atom. The van der Waals surface area contributed by atoms with Gasteiger partial charge in [0.15, 0.2) is 0 Å². The van der Waals surface area contributed by atoms with Crippen LogP contribution in [0.2, 0.25) is 0 Å². The van der Waals surface area contributed by atoms with E-state index in [9.17, 15) is 9.18 Å². The van der Waals surface area contributed by atoms with Crippen molar-refractivity contribution in [3.05, 3.63) is 35.9 Å². The van der Waals surface area contributed by atoms with Crippen molar-refractivity contribution in [3.8, 4) is 6.07 Å². The number of alkyl halides is 1. The van der Waals surface area contributed by atoms with Gasteiger partial charge in [-0.2, -0.15) is 5.26 Å². The molecule has 16 heavy (non-hydrogen) atoms. The summed E-state index contributed by atoms with van der Waals surface area (Å²) in [5, 5.41) is 9.05. The van der Waals surface area contributed by atoms with Gasteiger partial charge in [-0.05, 0) is 6.42 Å². The zero-order valence-electron chi connectivity index (χ0n) is 8.82. The topological polar surface area (TPSA) is 40.9 Å². The van der Waals surface area contributed by atoms with E-state index in [2.05, 4.69) is 0 Å². The van der Waals surface area contributed by atoms with Crippen LogP contribution in [0.25, 0.3) is 0 Å².